The maximum absolute atomic E-state index is 13.6. The molecule has 28 heavy (non-hydrogen) atoms. The standard InChI is InChI=1S/C21H25FN4O2/c1-23-21(24-11-10-15-4-2-3-5-18(15)22)25-12-13-28-17-7-8-19-16(14-17)6-9-20(27)26-19/h2-5,7-8,14H,6,9-13H2,1H3,(H,26,27)(H2,23,24,25). The smallest absolute Gasteiger partial charge is 0.224 e. The molecule has 0 bridgehead atoms. The van der Waals surface area contributed by atoms with Gasteiger partial charge in [-0.15, -0.1) is 0 Å². The largest absolute Gasteiger partial charge is 0.492 e. The van der Waals surface area contributed by atoms with Gasteiger partial charge in [0, 0.05) is 25.7 Å². The van der Waals surface area contributed by atoms with E-state index in [4.69, 9.17) is 4.74 Å². The molecule has 3 N–H and O–H groups in total. The van der Waals surface area contributed by atoms with Gasteiger partial charge in [-0.3, -0.25) is 9.79 Å². The minimum Gasteiger partial charge on any atom is -0.492 e. The van der Waals surface area contributed by atoms with Gasteiger partial charge in [0.05, 0.1) is 6.54 Å². The van der Waals surface area contributed by atoms with Crippen LogP contribution in [-0.4, -0.2) is 38.6 Å². The second-order valence-corrected chi connectivity index (χ2v) is 6.48. The first-order chi connectivity index (χ1) is 13.7. The predicted octanol–water partition coefficient (Wildman–Crippen LogP) is 2.50. The molecular formula is C21H25FN4O2. The number of aryl methyl sites for hydroxylation is 1. The van der Waals surface area contributed by atoms with Gasteiger partial charge in [0.25, 0.3) is 0 Å². The number of ether oxygens (including phenoxy) is 1. The Morgan fingerprint density at radius 2 is 2.00 bits per heavy atom. The molecule has 3 rings (SSSR count). The Bertz CT molecular complexity index is 854. The number of benzene rings is 2. The van der Waals surface area contributed by atoms with Crippen LogP contribution in [0.15, 0.2) is 47.5 Å². The van der Waals surface area contributed by atoms with Crippen LogP contribution in [-0.2, 0) is 17.6 Å². The van der Waals surface area contributed by atoms with Crippen LogP contribution in [0.4, 0.5) is 10.1 Å². The summed E-state index contributed by atoms with van der Waals surface area (Å²) in [7, 11) is 1.69. The van der Waals surface area contributed by atoms with Gasteiger partial charge in [-0.25, -0.2) is 4.39 Å². The van der Waals surface area contributed by atoms with Gasteiger partial charge in [-0.2, -0.15) is 0 Å². The van der Waals surface area contributed by atoms with Crippen LogP contribution in [0, 0.1) is 5.82 Å². The van der Waals surface area contributed by atoms with Crippen LogP contribution in [0.5, 0.6) is 5.75 Å². The van der Waals surface area contributed by atoms with E-state index in [0.29, 0.717) is 44.1 Å². The number of amides is 1. The van der Waals surface area contributed by atoms with Crippen molar-refractivity contribution in [3.63, 3.8) is 0 Å². The number of hydrogen-bond donors (Lipinski definition) is 3. The zero-order chi connectivity index (χ0) is 19.8. The summed E-state index contributed by atoms with van der Waals surface area (Å²) in [5, 5.41) is 9.19. The number of guanidine groups is 1. The van der Waals surface area contributed by atoms with Gasteiger partial charge in [0.15, 0.2) is 5.96 Å². The Kier molecular flexibility index (Phi) is 6.84. The third kappa shape index (κ3) is 5.45. The lowest BCUT2D eigenvalue weighted by molar-refractivity contribution is -0.116. The molecule has 148 valence electrons. The first kappa shape index (κ1) is 19.7. The molecule has 1 amide bonds. The normalized spacial score (nSPS) is 13.5. The van der Waals surface area contributed by atoms with E-state index in [2.05, 4.69) is 20.9 Å². The number of aliphatic imine (C=N–C) groups is 1. The van der Waals surface area contributed by atoms with Gasteiger partial charge < -0.3 is 20.7 Å². The monoisotopic (exact) mass is 384 g/mol. The summed E-state index contributed by atoms with van der Waals surface area (Å²) in [6, 6.07) is 12.5. The van der Waals surface area contributed by atoms with Crippen molar-refractivity contribution in [2.45, 2.75) is 19.3 Å². The minimum atomic E-state index is -0.190. The van der Waals surface area contributed by atoms with Crippen LogP contribution < -0.4 is 20.7 Å². The number of carbonyl (C=O) groups excluding carboxylic acids is 1. The number of carbonyl (C=O) groups is 1. The number of rotatable bonds is 7. The molecule has 0 atom stereocenters. The van der Waals surface area contributed by atoms with Gasteiger partial charge in [0.2, 0.25) is 5.91 Å². The molecule has 0 saturated carbocycles. The molecule has 0 saturated heterocycles. The van der Waals surface area contributed by atoms with E-state index in [1.54, 1.807) is 19.2 Å². The lowest BCUT2D eigenvalue weighted by Gasteiger charge is -2.18. The van der Waals surface area contributed by atoms with Crippen molar-refractivity contribution in [1.82, 2.24) is 10.6 Å². The fourth-order valence-electron chi connectivity index (χ4n) is 3.03. The summed E-state index contributed by atoms with van der Waals surface area (Å²) < 4.78 is 19.4. The highest BCUT2D eigenvalue weighted by molar-refractivity contribution is 5.94. The van der Waals surface area contributed by atoms with Gasteiger partial charge in [0.1, 0.15) is 18.2 Å². The maximum atomic E-state index is 13.6. The zero-order valence-electron chi connectivity index (χ0n) is 15.9. The second-order valence-electron chi connectivity index (χ2n) is 6.48. The summed E-state index contributed by atoms with van der Waals surface area (Å²) >= 11 is 0. The first-order valence-corrected chi connectivity index (χ1v) is 9.39. The van der Waals surface area contributed by atoms with Crippen molar-refractivity contribution >= 4 is 17.6 Å². The maximum Gasteiger partial charge on any atom is 0.224 e. The number of hydrogen-bond acceptors (Lipinski definition) is 3. The molecular weight excluding hydrogens is 359 g/mol. The molecule has 1 aliphatic heterocycles. The quantitative estimate of drug-likeness (QED) is 0.390. The van der Waals surface area contributed by atoms with Crippen molar-refractivity contribution in [2.24, 2.45) is 4.99 Å². The van der Waals surface area contributed by atoms with Crippen molar-refractivity contribution < 1.29 is 13.9 Å². The predicted molar refractivity (Wildman–Crippen MR) is 108 cm³/mol. The molecule has 0 radical (unpaired) electrons. The van der Waals surface area contributed by atoms with Crippen molar-refractivity contribution in [3.05, 3.63) is 59.4 Å². The Morgan fingerprint density at radius 3 is 2.82 bits per heavy atom. The summed E-state index contributed by atoms with van der Waals surface area (Å²) in [5.74, 6) is 1.29. The third-order valence-corrected chi connectivity index (χ3v) is 4.50. The van der Waals surface area contributed by atoms with E-state index in [9.17, 15) is 9.18 Å². The lowest BCUT2D eigenvalue weighted by atomic mass is 10.0. The van der Waals surface area contributed by atoms with E-state index >= 15 is 0 Å². The van der Waals surface area contributed by atoms with Crippen molar-refractivity contribution in [2.75, 3.05) is 32.1 Å². The molecule has 2 aromatic rings. The molecule has 0 spiro atoms. The highest BCUT2D eigenvalue weighted by Gasteiger charge is 2.14. The Balaban J connectivity index is 1.38. The second kappa shape index (κ2) is 9.73. The van der Waals surface area contributed by atoms with Crippen LogP contribution in [0.3, 0.4) is 0 Å². The molecule has 0 unspecified atom stereocenters. The van der Waals surface area contributed by atoms with Gasteiger partial charge >= 0.3 is 0 Å². The fourth-order valence-corrected chi connectivity index (χ4v) is 3.03. The third-order valence-electron chi connectivity index (χ3n) is 4.50. The molecule has 2 aromatic carbocycles. The molecule has 7 heteroatoms. The van der Waals surface area contributed by atoms with Crippen LogP contribution >= 0.6 is 0 Å². The topological polar surface area (TPSA) is 74.8 Å². The van der Waals surface area contributed by atoms with Gasteiger partial charge in [-0.05, 0) is 48.2 Å². The van der Waals surface area contributed by atoms with Crippen molar-refractivity contribution in [1.29, 1.82) is 0 Å². The lowest BCUT2D eigenvalue weighted by Crippen LogP contribution is -2.40. The number of nitrogens with zero attached hydrogens (tertiary/aromatic N) is 1. The summed E-state index contributed by atoms with van der Waals surface area (Å²) in [4.78, 5) is 15.6. The zero-order valence-corrected chi connectivity index (χ0v) is 15.9. The molecule has 1 aliphatic rings. The molecule has 1 heterocycles. The molecule has 0 aromatic heterocycles. The molecule has 0 aliphatic carbocycles. The van der Waals surface area contributed by atoms with Crippen LogP contribution in [0.2, 0.25) is 0 Å². The molecule has 6 nitrogen and oxygen atoms in total. The summed E-state index contributed by atoms with van der Waals surface area (Å²) in [6.07, 6.45) is 1.82. The Morgan fingerprint density at radius 1 is 1.18 bits per heavy atom. The number of fused-ring (bicyclic) bond motifs is 1. The Labute approximate surface area is 164 Å². The fraction of sp³-hybridized carbons (Fsp3) is 0.333. The van der Waals surface area contributed by atoms with Crippen LogP contribution in [0.1, 0.15) is 17.5 Å². The summed E-state index contributed by atoms with van der Waals surface area (Å²) in [6.45, 7) is 1.63. The minimum absolute atomic E-state index is 0.0549. The van der Waals surface area contributed by atoms with Crippen LogP contribution in [0.25, 0.3) is 0 Å². The summed E-state index contributed by atoms with van der Waals surface area (Å²) in [5.41, 5.74) is 2.63. The Hall–Kier alpha value is -3.09. The van der Waals surface area contributed by atoms with E-state index < -0.39 is 0 Å². The van der Waals surface area contributed by atoms with E-state index in [-0.39, 0.29) is 11.7 Å². The first-order valence-electron chi connectivity index (χ1n) is 9.39. The van der Waals surface area contributed by atoms with E-state index in [0.717, 1.165) is 23.4 Å². The number of anilines is 1. The van der Waals surface area contributed by atoms with Gasteiger partial charge in [-0.1, -0.05) is 18.2 Å². The highest BCUT2D eigenvalue weighted by atomic mass is 19.1. The average molecular weight is 384 g/mol. The number of nitrogens with one attached hydrogen (secondary N) is 3. The van der Waals surface area contributed by atoms with Crippen molar-refractivity contribution in [3.8, 4) is 5.75 Å². The molecule has 0 fully saturated rings. The van der Waals surface area contributed by atoms with E-state index in [1.165, 1.54) is 6.07 Å². The average Bonchev–Trinajstić information content (AvgIpc) is 2.71. The SMILES string of the molecule is CN=C(NCCOc1ccc2c(c1)CCC(=O)N2)NCCc1ccccc1F. The van der Waals surface area contributed by atoms with E-state index in [1.807, 2.05) is 24.3 Å². The number of halogens is 1. The highest BCUT2D eigenvalue weighted by Crippen LogP contribution is 2.26.